The highest BCUT2D eigenvalue weighted by Gasteiger charge is 2.42. The predicted molar refractivity (Wildman–Crippen MR) is 238 cm³/mol. The number of aliphatic imine (C=N–C) groups is 1. The Morgan fingerprint density at radius 2 is 1.39 bits per heavy atom. The number of fused-ring (bicyclic) bond motifs is 1. The number of hydrogen-bond acceptors (Lipinski definition) is 10. The van der Waals surface area contributed by atoms with E-state index in [2.05, 4.69) is 17.6 Å². The molecule has 0 bridgehead atoms. The molecule has 1 heterocycles. The Kier molecular flexibility index (Phi) is 16.7. The highest BCUT2D eigenvalue weighted by atomic mass is 32.2. The number of unbranched alkanes of at least 4 members (excludes halogenated alkanes) is 9. The molecule has 0 spiro atoms. The zero-order valence-electron chi connectivity index (χ0n) is 35.3. The monoisotopic (exact) mass is 875 g/mol. The summed E-state index contributed by atoms with van der Waals surface area (Å²) in [7, 11) is -8.60. The van der Waals surface area contributed by atoms with E-state index in [4.69, 9.17) is 24.3 Å². The van der Waals surface area contributed by atoms with Crippen molar-refractivity contribution in [2.24, 2.45) is 10.1 Å². The highest BCUT2D eigenvalue weighted by molar-refractivity contribution is 7.90. The molecule has 4 aromatic rings. The molecule has 16 heteroatoms. The molecule has 14 nitrogen and oxygen atoms in total. The van der Waals surface area contributed by atoms with Gasteiger partial charge in [0.05, 0.1) is 35.1 Å². The Labute approximate surface area is 360 Å². The second-order valence-electron chi connectivity index (χ2n) is 15.0. The van der Waals surface area contributed by atoms with E-state index < -0.39 is 38.0 Å². The van der Waals surface area contributed by atoms with Crippen molar-refractivity contribution in [2.45, 2.75) is 108 Å². The number of nitrogens with zero attached hydrogens (tertiary/aromatic N) is 2. The molecule has 61 heavy (non-hydrogen) atoms. The van der Waals surface area contributed by atoms with Gasteiger partial charge in [0.15, 0.2) is 5.84 Å². The molecule has 0 saturated carbocycles. The number of rotatable bonds is 23. The summed E-state index contributed by atoms with van der Waals surface area (Å²) in [6, 6.07) is 22.0. The molecular weight excluding hydrogens is 819 g/mol. The van der Waals surface area contributed by atoms with Crippen molar-refractivity contribution in [1.29, 1.82) is 0 Å². The smallest absolute Gasteiger partial charge is 0.273 e. The number of nitrogens with two attached hydrogens (primary N) is 1. The van der Waals surface area contributed by atoms with Gasteiger partial charge >= 0.3 is 0 Å². The fraction of sp³-hybridized carbons (Fsp3) is 0.400. The zero-order valence-corrected chi connectivity index (χ0v) is 36.9. The number of amides is 2. The van der Waals surface area contributed by atoms with Gasteiger partial charge < -0.3 is 24.8 Å². The van der Waals surface area contributed by atoms with Crippen LogP contribution in [0.15, 0.2) is 99.7 Å². The van der Waals surface area contributed by atoms with Gasteiger partial charge in [-0.05, 0) is 74.4 Å². The van der Waals surface area contributed by atoms with Crippen LogP contribution >= 0.6 is 0 Å². The largest absolute Gasteiger partial charge is 0.491 e. The maximum Gasteiger partial charge on any atom is 0.273 e. The number of sulfonamides is 2. The van der Waals surface area contributed by atoms with Gasteiger partial charge in [-0.25, -0.2) is 31.3 Å². The Hall–Kier alpha value is -5.45. The lowest BCUT2D eigenvalue weighted by Crippen LogP contribution is -2.52. The van der Waals surface area contributed by atoms with Gasteiger partial charge in [-0.2, -0.15) is 0 Å². The van der Waals surface area contributed by atoms with E-state index in [0.29, 0.717) is 23.8 Å². The molecule has 0 saturated heterocycles. The number of anilines is 2. The van der Waals surface area contributed by atoms with Crippen LogP contribution in [-0.4, -0.2) is 64.7 Å². The molecule has 0 fully saturated rings. The summed E-state index contributed by atoms with van der Waals surface area (Å²) in [5, 5.41) is 10.8. The van der Waals surface area contributed by atoms with Crippen molar-refractivity contribution >= 4 is 54.8 Å². The summed E-state index contributed by atoms with van der Waals surface area (Å²) in [6.07, 6.45) is 9.86. The van der Waals surface area contributed by atoms with Crippen LogP contribution in [-0.2, 0) is 29.6 Å². The minimum Gasteiger partial charge on any atom is -0.491 e. The number of carbonyl (C=O) groups is 2. The van der Waals surface area contributed by atoms with Crippen molar-refractivity contribution in [1.82, 2.24) is 4.31 Å². The molecule has 1 atom stereocenters. The van der Waals surface area contributed by atoms with Crippen molar-refractivity contribution < 1.29 is 40.6 Å². The van der Waals surface area contributed by atoms with Crippen molar-refractivity contribution in [3.05, 3.63) is 96.1 Å². The molecule has 328 valence electrons. The topological polar surface area (TPSA) is 196 Å². The number of nitrogens with one attached hydrogen (secondary N) is 2. The lowest BCUT2D eigenvalue weighted by Gasteiger charge is -2.33. The van der Waals surface area contributed by atoms with Crippen LogP contribution in [0.1, 0.15) is 89.2 Å². The maximum absolute atomic E-state index is 14.7. The first-order chi connectivity index (χ1) is 29.2. The van der Waals surface area contributed by atoms with E-state index in [1.54, 1.807) is 42.5 Å². The number of aryl methyl sites for hydroxylation is 2. The van der Waals surface area contributed by atoms with Crippen LogP contribution in [0.5, 0.6) is 17.2 Å². The molecule has 2 amide bonds. The van der Waals surface area contributed by atoms with Gasteiger partial charge in [-0.1, -0.05) is 107 Å². The zero-order chi connectivity index (χ0) is 44.0. The molecule has 0 radical (unpaired) electrons. The van der Waals surface area contributed by atoms with Crippen molar-refractivity contribution in [3.63, 3.8) is 0 Å². The normalized spacial score (nSPS) is 13.7. The summed E-state index contributed by atoms with van der Waals surface area (Å²) in [4.78, 5) is 31.3. The van der Waals surface area contributed by atoms with Crippen LogP contribution in [0, 0.1) is 13.8 Å². The summed E-state index contributed by atoms with van der Waals surface area (Å²) in [5.41, 5.74) is 2.11. The quantitative estimate of drug-likeness (QED) is 0.0613. The third-order valence-electron chi connectivity index (χ3n) is 10.0. The van der Waals surface area contributed by atoms with Crippen LogP contribution in [0.3, 0.4) is 0 Å². The van der Waals surface area contributed by atoms with Gasteiger partial charge in [-0.15, -0.1) is 0 Å². The summed E-state index contributed by atoms with van der Waals surface area (Å²) in [5.74, 6) is -0.958. The van der Waals surface area contributed by atoms with Crippen molar-refractivity contribution in [2.75, 3.05) is 30.4 Å². The summed E-state index contributed by atoms with van der Waals surface area (Å²) < 4.78 is 73.0. The molecule has 1 aliphatic rings. The fourth-order valence-electron chi connectivity index (χ4n) is 6.90. The van der Waals surface area contributed by atoms with Gasteiger partial charge in [0, 0.05) is 6.92 Å². The van der Waals surface area contributed by atoms with Crippen LogP contribution in [0.25, 0.3) is 0 Å². The first-order valence-corrected chi connectivity index (χ1v) is 23.7. The van der Waals surface area contributed by atoms with E-state index in [9.17, 15) is 26.4 Å². The number of amidine groups is 1. The number of para-hydroxylation sites is 3. The average Bonchev–Trinajstić information content (AvgIpc) is 3.21. The van der Waals surface area contributed by atoms with Crippen molar-refractivity contribution in [3.8, 4) is 17.2 Å². The molecule has 0 aliphatic carbocycles. The molecular formula is C45H57N5O9S2. The number of primary sulfonamides is 1. The lowest BCUT2D eigenvalue weighted by atomic mass is 10.1. The van der Waals surface area contributed by atoms with Gasteiger partial charge in [-0.3, -0.25) is 9.59 Å². The molecule has 1 unspecified atom stereocenters. The van der Waals surface area contributed by atoms with E-state index in [0.717, 1.165) is 46.8 Å². The van der Waals surface area contributed by atoms with Gasteiger partial charge in [0.1, 0.15) is 28.8 Å². The first-order valence-electron chi connectivity index (χ1n) is 20.7. The standard InChI is InChI=1S/C45H57N5O9S2/c1-5-6-7-8-9-10-11-12-13-18-28-57-40-21-16-14-19-36(40)49-45(52)43(59-41-26-24-35(60(46,53)54)31-38(41)47-34(4)51)44-48-37-20-15-17-22-42(37)61(55,56)50(44)27-29-58-39-25-23-32(2)30-33(39)3/h14-17,19-26,30-31,43H,5-13,18,27-29H2,1-4H3,(H,47,51)(H,49,52)(H2,46,53,54). The molecule has 4 aromatic carbocycles. The Balaban J connectivity index is 1.46. The number of benzene rings is 4. The van der Waals surface area contributed by atoms with Crippen LogP contribution in [0.4, 0.5) is 17.1 Å². The number of ether oxygens (including phenoxy) is 3. The van der Waals surface area contributed by atoms with Gasteiger partial charge in [0.2, 0.25) is 22.0 Å². The minimum atomic E-state index is -4.37. The SMILES string of the molecule is CCCCCCCCCCCCOc1ccccc1NC(=O)C(Oc1ccc(S(N)(=O)=O)cc1NC(C)=O)C1=Nc2ccccc2S(=O)(=O)N1CCOc1ccc(C)cc1C. The molecule has 4 N–H and O–H groups in total. The Bertz CT molecular complexity index is 2400. The minimum absolute atomic E-state index is 0.0670. The molecule has 0 aromatic heterocycles. The maximum atomic E-state index is 14.7. The Morgan fingerprint density at radius 1 is 0.754 bits per heavy atom. The van der Waals surface area contributed by atoms with E-state index in [1.807, 2.05) is 26.0 Å². The lowest BCUT2D eigenvalue weighted by molar-refractivity contribution is -0.120. The third kappa shape index (κ3) is 13.0. The number of hydrogen-bond donors (Lipinski definition) is 3. The van der Waals surface area contributed by atoms with E-state index in [-0.39, 0.29) is 45.9 Å². The second-order valence-corrected chi connectivity index (χ2v) is 18.4. The number of carbonyl (C=O) groups excluding carboxylic acids is 2. The highest BCUT2D eigenvalue weighted by Crippen LogP contribution is 2.36. The van der Waals surface area contributed by atoms with Gasteiger partial charge in [0.25, 0.3) is 15.9 Å². The third-order valence-corrected chi connectivity index (χ3v) is 12.8. The average molecular weight is 876 g/mol. The summed E-state index contributed by atoms with van der Waals surface area (Å²) in [6.45, 7) is 7.25. The Morgan fingerprint density at radius 3 is 2.08 bits per heavy atom. The summed E-state index contributed by atoms with van der Waals surface area (Å²) >= 11 is 0. The van der Waals surface area contributed by atoms with E-state index in [1.165, 1.54) is 70.1 Å². The first kappa shape index (κ1) is 46.6. The second kappa shape index (κ2) is 21.9. The van der Waals surface area contributed by atoms with E-state index >= 15 is 0 Å². The van der Waals surface area contributed by atoms with Crippen LogP contribution in [0.2, 0.25) is 0 Å². The fourth-order valence-corrected chi connectivity index (χ4v) is 9.01. The molecule has 5 rings (SSSR count). The molecule has 1 aliphatic heterocycles. The van der Waals surface area contributed by atoms with Crippen LogP contribution < -0.4 is 30.0 Å². The predicted octanol–water partition coefficient (Wildman–Crippen LogP) is 8.41.